The summed E-state index contributed by atoms with van der Waals surface area (Å²) in [6.07, 6.45) is 2.31. The molecule has 0 saturated carbocycles. The molecule has 0 saturated heterocycles. The Hall–Kier alpha value is -1.31. The van der Waals surface area contributed by atoms with Gasteiger partial charge in [-0.05, 0) is 41.6 Å². The van der Waals surface area contributed by atoms with Crippen molar-refractivity contribution in [2.45, 2.75) is 13.3 Å². The topological polar surface area (TPSA) is 70.9 Å². The van der Waals surface area contributed by atoms with E-state index in [1.165, 1.54) is 0 Å². The summed E-state index contributed by atoms with van der Waals surface area (Å²) in [5, 5.41) is 9.60. The lowest BCUT2D eigenvalue weighted by Gasteiger charge is -2.03. The molecular weight excluding hydrogens is 333 g/mol. The van der Waals surface area contributed by atoms with Crippen molar-refractivity contribution in [3.63, 3.8) is 0 Å². The minimum Gasteiger partial charge on any atom is -0.469 e. The molecule has 5 nitrogen and oxygen atoms in total. The van der Waals surface area contributed by atoms with E-state index in [2.05, 4.69) is 15.5 Å². The van der Waals surface area contributed by atoms with E-state index in [0.717, 1.165) is 11.5 Å². The molecule has 0 atom stereocenters. The molecule has 0 fully saturated rings. The number of halogens is 1. The van der Waals surface area contributed by atoms with Gasteiger partial charge >= 0.3 is 0 Å². The van der Waals surface area contributed by atoms with Gasteiger partial charge in [0.15, 0.2) is 0 Å². The number of aromatic amines is 1. The molecule has 0 bridgehead atoms. The van der Waals surface area contributed by atoms with Gasteiger partial charge in [-0.15, -0.1) is 0 Å². The van der Waals surface area contributed by atoms with Crippen LogP contribution >= 0.6 is 22.6 Å². The summed E-state index contributed by atoms with van der Waals surface area (Å²) in [6.45, 7) is 2.38. The van der Waals surface area contributed by atoms with E-state index in [1.807, 2.05) is 41.6 Å². The molecule has 0 spiro atoms. The maximum Gasteiger partial charge on any atom is 0.255 e. The maximum absolute atomic E-state index is 11.9. The summed E-state index contributed by atoms with van der Waals surface area (Å²) in [5.41, 5.74) is 1.40. The molecule has 6 heteroatoms. The molecule has 90 valence electrons. The van der Waals surface area contributed by atoms with Crippen molar-refractivity contribution < 1.29 is 9.21 Å². The second-order valence-electron chi connectivity index (χ2n) is 3.60. The summed E-state index contributed by atoms with van der Waals surface area (Å²) in [4.78, 5) is 11.9. The van der Waals surface area contributed by atoms with Crippen LogP contribution in [0.1, 0.15) is 21.8 Å². The minimum atomic E-state index is -0.104. The van der Waals surface area contributed by atoms with Crippen molar-refractivity contribution in [1.29, 1.82) is 0 Å². The largest absolute Gasteiger partial charge is 0.469 e. The zero-order valence-corrected chi connectivity index (χ0v) is 11.4. The van der Waals surface area contributed by atoms with Crippen LogP contribution in [-0.4, -0.2) is 22.6 Å². The number of H-pyrrole nitrogens is 1. The van der Waals surface area contributed by atoms with E-state index in [-0.39, 0.29) is 5.91 Å². The third kappa shape index (κ3) is 2.87. The Balaban J connectivity index is 1.90. The Morgan fingerprint density at radius 1 is 1.65 bits per heavy atom. The van der Waals surface area contributed by atoms with Crippen molar-refractivity contribution in [2.75, 3.05) is 6.54 Å². The van der Waals surface area contributed by atoms with E-state index in [0.29, 0.717) is 22.2 Å². The first-order valence-corrected chi connectivity index (χ1v) is 6.27. The lowest BCUT2D eigenvalue weighted by atomic mass is 10.2. The van der Waals surface area contributed by atoms with E-state index < -0.39 is 0 Å². The first-order chi connectivity index (χ1) is 8.18. The number of furan rings is 1. The minimum absolute atomic E-state index is 0.104. The molecule has 1 amide bonds. The fraction of sp³-hybridized carbons (Fsp3) is 0.273. The summed E-state index contributed by atoms with van der Waals surface area (Å²) < 4.78 is 5.87. The zero-order valence-electron chi connectivity index (χ0n) is 9.29. The quantitative estimate of drug-likeness (QED) is 0.832. The molecule has 2 aromatic rings. The molecule has 2 N–H and O–H groups in total. The molecule has 2 aromatic heterocycles. The molecule has 0 aliphatic carbocycles. The van der Waals surface area contributed by atoms with Gasteiger partial charge in [0.1, 0.15) is 9.46 Å². The van der Waals surface area contributed by atoms with Crippen molar-refractivity contribution in [1.82, 2.24) is 15.5 Å². The van der Waals surface area contributed by atoms with Crippen LogP contribution < -0.4 is 5.32 Å². The average Bonchev–Trinajstić information content (AvgIpc) is 2.89. The molecule has 0 unspecified atom stereocenters. The SMILES string of the molecule is Cc1[nH]nc(I)c1C(=O)NCCc1ccco1. The predicted octanol–water partition coefficient (Wildman–Crippen LogP) is 1.89. The first-order valence-electron chi connectivity index (χ1n) is 5.19. The van der Waals surface area contributed by atoms with Gasteiger partial charge in [-0.25, -0.2) is 0 Å². The highest BCUT2D eigenvalue weighted by atomic mass is 127. The second-order valence-corrected chi connectivity index (χ2v) is 4.62. The van der Waals surface area contributed by atoms with Gasteiger partial charge in [-0.2, -0.15) is 5.10 Å². The van der Waals surface area contributed by atoms with Gasteiger partial charge in [-0.3, -0.25) is 9.89 Å². The average molecular weight is 345 g/mol. The predicted molar refractivity (Wildman–Crippen MR) is 70.8 cm³/mol. The summed E-state index contributed by atoms with van der Waals surface area (Å²) >= 11 is 2.04. The van der Waals surface area contributed by atoms with Crippen LogP contribution in [0.15, 0.2) is 22.8 Å². The van der Waals surface area contributed by atoms with Gasteiger partial charge in [0, 0.05) is 18.7 Å². The van der Waals surface area contributed by atoms with Crippen molar-refractivity contribution in [3.05, 3.63) is 39.1 Å². The fourth-order valence-corrected chi connectivity index (χ4v) is 2.28. The molecule has 0 aliphatic rings. The Morgan fingerprint density at radius 3 is 3.06 bits per heavy atom. The molecule has 0 aromatic carbocycles. The number of carbonyl (C=O) groups excluding carboxylic acids is 1. The molecule has 2 rings (SSSR count). The number of hydrogen-bond acceptors (Lipinski definition) is 3. The van der Waals surface area contributed by atoms with Crippen molar-refractivity contribution in [3.8, 4) is 0 Å². The smallest absolute Gasteiger partial charge is 0.255 e. The number of nitrogens with zero attached hydrogens (tertiary/aromatic N) is 1. The number of hydrogen-bond donors (Lipinski definition) is 2. The van der Waals surface area contributed by atoms with Gasteiger partial charge in [0.25, 0.3) is 5.91 Å². The summed E-state index contributed by atoms with van der Waals surface area (Å²) in [7, 11) is 0. The van der Waals surface area contributed by atoms with Crippen molar-refractivity contribution in [2.24, 2.45) is 0 Å². The first kappa shape index (κ1) is 12.2. The van der Waals surface area contributed by atoms with Gasteiger partial charge in [-0.1, -0.05) is 0 Å². The molecule has 17 heavy (non-hydrogen) atoms. The Bertz CT molecular complexity index is 485. The molecule has 0 radical (unpaired) electrons. The number of nitrogens with one attached hydrogen (secondary N) is 2. The van der Waals surface area contributed by atoms with Crippen molar-refractivity contribution >= 4 is 28.5 Å². The maximum atomic E-state index is 11.9. The fourth-order valence-electron chi connectivity index (χ4n) is 1.51. The van der Waals surface area contributed by atoms with E-state index in [1.54, 1.807) is 6.26 Å². The summed E-state index contributed by atoms with van der Waals surface area (Å²) in [6, 6.07) is 3.72. The Labute approximate surface area is 112 Å². The highest BCUT2D eigenvalue weighted by Gasteiger charge is 2.15. The van der Waals surface area contributed by atoms with Gasteiger partial charge in [0.05, 0.1) is 11.8 Å². The second kappa shape index (κ2) is 5.35. The highest BCUT2D eigenvalue weighted by Crippen LogP contribution is 2.12. The van der Waals surface area contributed by atoms with Crippen LogP contribution in [0.2, 0.25) is 0 Å². The van der Waals surface area contributed by atoms with Crippen LogP contribution in [0.5, 0.6) is 0 Å². The molecular formula is C11H12IN3O2. The number of aryl methyl sites for hydroxylation is 1. The van der Waals surface area contributed by atoms with Gasteiger partial charge < -0.3 is 9.73 Å². The van der Waals surface area contributed by atoms with Crippen LogP contribution in [0.25, 0.3) is 0 Å². The van der Waals surface area contributed by atoms with E-state index in [9.17, 15) is 4.79 Å². The number of carbonyl (C=O) groups is 1. The normalized spacial score (nSPS) is 10.5. The number of aromatic nitrogens is 2. The van der Waals surface area contributed by atoms with Gasteiger partial charge in [0.2, 0.25) is 0 Å². The third-order valence-corrected chi connectivity index (χ3v) is 3.15. The molecule has 2 heterocycles. The number of amides is 1. The van der Waals surface area contributed by atoms with E-state index in [4.69, 9.17) is 4.42 Å². The lowest BCUT2D eigenvalue weighted by Crippen LogP contribution is -2.26. The third-order valence-electron chi connectivity index (χ3n) is 2.37. The monoisotopic (exact) mass is 345 g/mol. The van der Waals surface area contributed by atoms with Crippen LogP contribution in [-0.2, 0) is 6.42 Å². The van der Waals surface area contributed by atoms with E-state index >= 15 is 0 Å². The zero-order chi connectivity index (χ0) is 12.3. The Kier molecular flexibility index (Phi) is 3.82. The lowest BCUT2D eigenvalue weighted by molar-refractivity contribution is 0.0952. The highest BCUT2D eigenvalue weighted by molar-refractivity contribution is 14.1. The standard InChI is InChI=1S/C11H12IN3O2/c1-7-9(10(12)15-14-7)11(16)13-5-4-8-3-2-6-17-8/h2-3,6H,4-5H2,1H3,(H,13,16)(H,14,15). The Morgan fingerprint density at radius 2 is 2.47 bits per heavy atom. The molecule has 0 aliphatic heterocycles. The van der Waals surface area contributed by atoms with Crippen LogP contribution in [0, 0.1) is 10.6 Å². The van der Waals surface area contributed by atoms with Crippen LogP contribution in [0.3, 0.4) is 0 Å². The number of rotatable bonds is 4. The van der Waals surface area contributed by atoms with Crippen LogP contribution in [0.4, 0.5) is 0 Å². The summed E-state index contributed by atoms with van der Waals surface area (Å²) in [5.74, 6) is 0.760.